The summed E-state index contributed by atoms with van der Waals surface area (Å²) in [6, 6.07) is 7.31. The van der Waals surface area contributed by atoms with Crippen molar-refractivity contribution in [3.05, 3.63) is 52.4 Å². The van der Waals surface area contributed by atoms with Crippen molar-refractivity contribution in [3.8, 4) is 0 Å². The van der Waals surface area contributed by atoms with Crippen LogP contribution in [0.25, 0.3) is 0 Å². The van der Waals surface area contributed by atoms with Gasteiger partial charge in [0.05, 0.1) is 29.4 Å². The van der Waals surface area contributed by atoms with E-state index in [4.69, 9.17) is 17.3 Å². The molecule has 9 heteroatoms. The summed E-state index contributed by atoms with van der Waals surface area (Å²) in [5.41, 5.74) is 8.45. The zero-order valence-electron chi connectivity index (χ0n) is 16.0. The molecule has 2 aliphatic heterocycles. The molecule has 29 heavy (non-hydrogen) atoms. The third-order valence-electron chi connectivity index (χ3n) is 5.60. The van der Waals surface area contributed by atoms with Crippen LogP contribution in [0.15, 0.2) is 35.6 Å². The molecule has 2 aromatic rings. The number of benzene rings is 1. The molecule has 1 aromatic carbocycles. The Kier molecular flexibility index (Phi) is 5.59. The van der Waals surface area contributed by atoms with Crippen LogP contribution in [0.4, 0.5) is 5.82 Å². The molecule has 3 N–H and O–H groups in total. The number of halogens is 2. The number of fused-ring (bicyclic) bond motifs is 1. The van der Waals surface area contributed by atoms with Gasteiger partial charge in [-0.25, -0.2) is 9.97 Å². The van der Waals surface area contributed by atoms with Crippen molar-refractivity contribution >= 4 is 43.9 Å². The van der Waals surface area contributed by atoms with Gasteiger partial charge in [-0.1, -0.05) is 23.7 Å². The van der Waals surface area contributed by atoms with E-state index in [-0.39, 0.29) is 11.9 Å². The van der Waals surface area contributed by atoms with E-state index >= 15 is 0 Å². The van der Waals surface area contributed by atoms with Gasteiger partial charge in [-0.3, -0.25) is 9.79 Å². The second kappa shape index (κ2) is 8.01. The van der Waals surface area contributed by atoms with Gasteiger partial charge in [0.15, 0.2) is 0 Å². The van der Waals surface area contributed by atoms with Crippen LogP contribution < -0.4 is 16.0 Å². The quantitative estimate of drug-likeness (QED) is 0.706. The van der Waals surface area contributed by atoms with E-state index in [9.17, 15) is 4.79 Å². The Bertz CT molecular complexity index is 956. The van der Waals surface area contributed by atoms with Gasteiger partial charge >= 0.3 is 0 Å². The zero-order valence-corrected chi connectivity index (χ0v) is 18.4. The van der Waals surface area contributed by atoms with Crippen molar-refractivity contribution in [2.45, 2.75) is 37.9 Å². The van der Waals surface area contributed by atoms with E-state index in [0.717, 1.165) is 27.3 Å². The van der Waals surface area contributed by atoms with Crippen LogP contribution in [0.2, 0.25) is 5.02 Å². The first kappa shape index (κ1) is 20.3. The number of nitrogens with zero attached hydrogens (tertiary/aromatic N) is 4. The van der Waals surface area contributed by atoms with Crippen molar-refractivity contribution in [3.63, 3.8) is 0 Å². The Morgan fingerprint density at radius 1 is 1.28 bits per heavy atom. The summed E-state index contributed by atoms with van der Waals surface area (Å²) < 4.78 is 0.780. The van der Waals surface area contributed by atoms with E-state index in [0.29, 0.717) is 37.5 Å². The lowest BCUT2D eigenvalue weighted by Gasteiger charge is -2.39. The minimum atomic E-state index is -0.904. The average Bonchev–Trinajstić information content (AvgIpc) is 3.10. The van der Waals surface area contributed by atoms with Gasteiger partial charge in [0.1, 0.15) is 16.8 Å². The normalized spacial score (nSPS) is 18.8. The summed E-state index contributed by atoms with van der Waals surface area (Å²) in [5.74, 6) is 0.718. The molecular weight excluding hydrogens is 456 g/mol. The lowest BCUT2D eigenvalue weighted by molar-refractivity contribution is -0.127. The van der Waals surface area contributed by atoms with E-state index in [2.05, 4.69) is 41.1 Å². The fraction of sp³-hybridized carbons (Fsp3) is 0.400. The highest BCUT2D eigenvalue weighted by Gasteiger charge is 2.39. The first-order valence-corrected chi connectivity index (χ1v) is 10.7. The second-order valence-electron chi connectivity index (χ2n) is 7.52. The largest absolute Gasteiger partial charge is 0.356 e. The van der Waals surface area contributed by atoms with E-state index in [1.54, 1.807) is 6.33 Å². The van der Waals surface area contributed by atoms with Crippen LogP contribution >= 0.6 is 27.5 Å². The van der Waals surface area contributed by atoms with Crippen LogP contribution in [0.1, 0.15) is 42.6 Å². The Morgan fingerprint density at radius 3 is 2.66 bits per heavy atom. The van der Waals surface area contributed by atoms with Crippen LogP contribution in [0.5, 0.6) is 0 Å². The molecule has 1 fully saturated rings. The molecule has 1 aromatic heterocycles. The van der Waals surface area contributed by atoms with Crippen LogP contribution in [-0.2, 0) is 11.3 Å². The average molecular weight is 478 g/mol. The molecule has 0 unspecified atom stereocenters. The predicted molar refractivity (Wildman–Crippen MR) is 118 cm³/mol. The number of hydrogen-bond donors (Lipinski definition) is 2. The summed E-state index contributed by atoms with van der Waals surface area (Å²) in [6.45, 7) is 3.79. The number of amides is 1. The minimum absolute atomic E-state index is 0.129. The number of rotatable bonds is 4. The van der Waals surface area contributed by atoms with Crippen molar-refractivity contribution in [1.29, 1.82) is 0 Å². The second-order valence-corrected chi connectivity index (χ2v) is 8.70. The number of nitrogens with one attached hydrogen (secondary N) is 1. The first-order chi connectivity index (χ1) is 13.9. The fourth-order valence-corrected chi connectivity index (χ4v) is 4.38. The lowest BCUT2D eigenvalue weighted by Crippen LogP contribution is -2.60. The van der Waals surface area contributed by atoms with Gasteiger partial charge in [0.25, 0.3) is 0 Å². The van der Waals surface area contributed by atoms with Crippen molar-refractivity contribution in [2.24, 2.45) is 10.7 Å². The van der Waals surface area contributed by atoms with Crippen molar-refractivity contribution in [2.75, 3.05) is 18.0 Å². The van der Waals surface area contributed by atoms with Crippen LogP contribution in [0, 0.1) is 0 Å². The van der Waals surface area contributed by atoms with Gasteiger partial charge in [-0.15, -0.1) is 0 Å². The fourth-order valence-electron chi connectivity index (χ4n) is 3.73. The number of carbonyl (C=O) groups excluding carboxylic acids is 1. The number of piperidine rings is 1. The molecular formula is C20H22BrClN6O. The smallest absolute Gasteiger partial charge is 0.240 e. The molecule has 0 saturated carbocycles. The Balaban J connectivity index is 1.42. The molecule has 1 saturated heterocycles. The maximum absolute atomic E-state index is 12.9. The SMILES string of the molecule is C[C@H](NC(=O)C1(N)CCN(c2ncnc3c2C(Br)=NC3)CC1)c1ccc(Cl)cc1. The summed E-state index contributed by atoms with van der Waals surface area (Å²) in [4.78, 5) is 28.2. The van der Waals surface area contributed by atoms with Gasteiger partial charge in [0, 0.05) is 18.1 Å². The number of aromatic nitrogens is 2. The number of hydrogen-bond acceptors (Lipinski definition) is 6. The van der Waals surface area contributed by atoms with Gasteiger partial charge in [-0.05, 0) is 53.4 Å². The highest BCUT2D eigenvalue weighted by Crippen LogP contribution is 2.31. The molecule has 1 amide bonds. The molecule has 0 aliphatic carbocycles. The van der Waals surface area contributed by atoms with Crippen molar-refractivity contribution in [1.82, 2.24) is 15.3 Å². The monoisotopic (exact) mass is 476 g/mol. The first-order valence-electron chi connectivity index (χ1n) is 9.52. The Labute approximate surface area is 182 Å². The van der Waals surface area contributed by atoms with Crippen molar-refractivity contribution < 1.29 is 4.79 Å². The van der Waals surface area contributed by atoms with Gasteiger partial charge in [0.2, 0.25) is 5.91 Å². The molecule has 0 radical (unpaired) electrons. The Morgan fingerprint density at radius 2 is 1.97 bits per heavy atom. The number of anilines is 1. The van der Waals surface area contributed by atoms with Crippen LogP contribution in [-0.4, -0.2) is 39.1 Å². The molecule has 1 atom stereocenters. The zero-order chi connectivity index (χ0) is 20.6. The highest BCUT2D eigenvalue weighted by molar-refractivity contribution is 9.18. The summed E-state index contributed by atoms with van der Waals surface area (Å²) >= 11 is 9.44. The molecule has 3 heterocycles. The predicted octanol–water partition coefficient (Wildman–Crippen LogP) is 2.96. The number of nitrogens with two attached hydrogens (primary N) is 1. The molecule has 7 nitrogen and oxygen atoms in total. The Hall–Kier alpha value is -2.03. The molecule has 0 spiro atoms. The summed E-state index contributed by atoms with van der Waals surface area (Å²) in [7, 11) is 0. The maximum Gasteiger partial charge on any atom is 0.240 e. The maximum atomic E-state index is 12.9. The summed E-state index contributed by atoms with van der Waals surface area (Å²) in [5, 5.41) is 3.72. The molecule has 2 aliphatic rings. The summed E-state index contributed by atoms with van der Waals surface area (Å²) in [6.07, 6.45) is 2.65. The topological polar surface area (TPSA) is 96.5 Å². The van der Waals surface area contributed by atoms with Crippen LogP contribution in [0.3, 0.4) is 0 Å². The number of carbonyl (C=O) groups is 1. The lowest BCUT2D eigenvalue weighted by atomic mass is 9.87. The molecule has 4 rings (SSSR count). The number of aliphatic imine (C=N–C) groups is 1. The molecule has 0 bridgehead atoms. The highest BCUT2D eigenvalue weighted by atomic mass is 79.9. The minimum Gasteiger partial charge on any atom is -0.356 e. The van der Waals surface area contributed by atoms with Gasteiger partial charge in [-0.2, -0.15) is 0 Å². The third-order valence-corrected chi connectivity index (χ3v) is 6.50. The molecule has 152 valence electrons. The standard InChI is InChI=1S/C20H22BrClN6O/c1-12(13-2-4-14(22)5-3-13)27-19(29)20(23)6-8-28(9-7-20)18-16-15(25-11-26-18)10-24-17(16)21/h2-5,11-12H,6-10,23H2,1H3,(H,27,29)/t12-/m0/s1. The van der Waals surface area contributed by atoms with E-state index < -0.39 is 5.54 Å². The van der Waals surface area contributed by atoms with E-state index in [1.165, 1.54) is 0 Å². The van der Waals surface area contributed by atoms with Gasteiger partial charge < -0.3 is 16.0 Å². The third kappa shape index (κ3) is 4.01. The van der Waals surface area contributed by atoms with E-state index in [1.807, 2.05) is 31.2 Å².